The fraction of sp³-hybridized carbons (Fsp3) is 0.562. The van der Waals surface area contributed by atoms with Crippen LogP contribution in [0, 0.1) is 11.7 Å². The maximum atomic E-state index is 13.4. The number of nitrogens with two attached hydrogens (primary N) is 1. The number of rotatable bonds is 6. The van der Waals surface area contributed by atoms with Crippen molar-refractivity contribution >= 4 is 11.6 Å². The van der Waals surface area contributed by atoms with Crippen LogP contribution in [0.25, 0.3) is 0 Å². The van der Waals surface area contributed by atoms with Gasteiger partial charge in [-0.1, -0.05) is 6.92 Å². The van der Waals surface area contributed by atoms with Crippen LogP contribution in [0.2, 0.25) is 0 Å². The van der Waals surface area contributed by atoms with E-state index in [2.05, 4.69) is 5.32 Å². The van der Waals surface area contributed by atoms with Gasteiger partial charge in [0.25, 0.3) is 0 Å². The molecule has 1 heterocycles. The summed E-state index contributed by atoms with van der Waals surface area (Å²) in [6.45, 7) is 4.61. The largest absolute Gasteiger partial charge is 0.489 e. The zero-order valence-corrected chi connectivity index (χ0v) is 13.0. The normalized spacial score (nSPS) is 20.5. The first-order valence-corrected chi connectivity index (χ1v) is 7.57. The number of nitrogens with one attached hydrogen (secondary N) is 1. The van der Waals surface area contributed by atoms with Crippen LogP contribution in [0.4, 0.5) is 10.1 Å². The number of carbonyl (C=O) groups excluding carboxylic acids is 1. The minimum absolute atomic E-state index is 0.0524. The molecule has 0 aromatic heterocycles. The highest BCUT2D eigenvalue weighted by molar-refractivity contribution is 5.94. The van der Waals surface area contributed by atoms with Gasteiger partial charge in [0, 0.05) is 18.7 Å². The SMILES string of the molecule is CC(N)C(C)C(=O)Nc1cc(F)ccc1OCC1CCCO1. The number of ether oxygens (including phenoxy) is 2. The maximum absolute atomic E-state index is 13.4. The molecule has 1 aromatic carbocycles. The highest BCUT2D eigenvalue weighted by atomic mass is 19.1. The second-order valence-corrected chi connectivity index (χ2v) is 5.72. The first kappa shape index (κ1) is 16.7. The Bertz CT molecular complexity index is 516. The number of anilines is 1. The Morgan fingerprint density at radius 3 is 2.95 bits per heavy atom. The van der Waals surface area contributed by atoms with Crippen LogP contribution in [0.15, 0.2) is 18.2 Å². The van der Waals surface area contributed by atoms with E-state index in [-0.39, 0.29) is 24.0 Å². The second kappa shape index (κ2) is 7.56. The van der Waals surface area contributed by atoms with Crippen LogP contribution in [-0.2, 0) is 9.53 Å². The van der Waals surface area contributed by atoms with E-state index >= 15 is 0 Å². The van der Waals surface area contributed by atoms with Crippen molar-refractivity contribution in [1.29, 1.82) is 0 Å². The van der Waals surface area contributed by atoms with Crippen LogP contribution in [-0.4, -0.2) is 31.3 Å². The second-order valence-electron chi connectivity index (χ2n) is 5.72. The molecule has 3 unspecified atom stereocenters. The summed E-state index contributed by atoms with van der Waals surface area (Å²) >= 11 is 0. The molecular weight excluding hydrogens is 287 g/mol. The first-order chi connectivity index (χ1) is 10.5. The van der Waals surface area contributed by atoms with Gasteiger partial charge in [-0.15, -0.1) is 0 Å². The predicted octanol–water partition coefficient (Wildman–Crippen LogP) is 2.31. The summed E-state index contributed by atoms with van der Waals surface area (Å²) in [5.41, 5.74) is 6.03. The van der Waals surface area contributed by atoms with Crippen molar-refractivity contribution in [2.45, 2.75) is 38.8 Å². The van der Waals surface area contributed by atoms with Crippen LogP contribution >= 0.6 is 0 Å². The van der Waals surface area contributed by atoms with Gasteiger partial charge in [-0.25, -0.2) is 4.39 Å². The number of hydrogen-bond donors (Lipinski definition) is 2. The molecule has 2 rings (SSSR count). The van der Waals surface area contributed by atoms with Crippen molar-refractivity contribution in [2.75, 3.05) is 18.5 Å². The zero-order valence-electron chi connectivity index (χ0n) is 13.0. The van der Waals surface area contributed by atoms with E-state index in [9.17, 15) is 9.18 Å². The molecule has 0 aliphatic carbocycles. The number of amides is 1. The van der Waals surface area contributed by atoms with Crippen LogP contribution in [0.1, 0.15) is 26.7 Å². The molecule has 22 heavy (non-hydrogen) atoms. The van der Waals surface area contributed by atoms with Gasteiger partial charge in [-0.3, -0.25) is 4.79 Å². The lowest BCUT2D eigenvalue weighted by molar-refractivity contribution is -0.119. The Kier molecular flexibility index (Phi) is 5.74. The van der Waals surface area contributed by atoms with E-state index in [1.807, 2.05) is 0 Å². The molecule has 3 atom stereocenters. The van der Waals surface area contributed by atoms with E-state index in [0.717, 1.165) is 19.4 Å². The Morgan fingerprint density at radius 2 is 2.32 bits per heavy atom. The molecule has 0 spiro atoms. The Morgan fingerprint density at radius 1 is 1.55 bits per heavy atom. The minimum atomic E-state index is -0.437. The van der Waals surface area contributed by atoms with Gasteiger partial charge in [0.2, 0.25) is 5.91 Å². The Balaban J connectivity index is 2.04. The number of carbonyl (C=O) groups is 1. The van der Waals surface area contributed by atoms with Gasteiger partial charge in [-0.05, 0) is 31.9 Å². The summed E-state index contributed by atoms with van der Waals surface area (Å²) in [4.78, 5) is 12.1. The lowest BCUT2D eigenvalue weighted by Gasteiger charge is -2.18. The molecule has 1 aliphatic rings. The van der Waals surface area contributed by atoms with Gasteiger partial charge in [-0.2, -0.15) is 0 Å². The number of hydrogen-bond acceptors (Lipinski definition) is 4. The lowest BCUT2D eigenvalue weighted by Crippen LogP contribution is -2.34. The van der Waals surface area contributed by atoms with Crippen molar-refractivity contribution in [2.24, 2.45) is 11.7 Å². The van der Waals surface area contributed by atoms with E-state index in [0.29, 0.717) is 18.0 Å². The molecule has 0 saturated carbocycles. The van der Waals surface area contributed by atoms with E-state index < -0.39 is 5.82 Å². The molecule has 1 saturated heterocycles. The molecule has 0 radical (unpaired) electrons. The van der Waals surface area contributed by atoms with Gasteiger partial charge >= 0.3 is 0 Å². The van der Waals surface area contributed by atoms with Crippen LogP contribution < -0.4 is 15.8 Å². The van der Waals surface area contributed by atoms with Crippen LogP contribution in [0.5, 0.6) is 5.75 Å². The lowest BCUT2D eigenvalue weighted by atomic mass is 10.0. The first-order valence-electron chi connectivity index (χ1n) is 7.57. The summed E-state index contributed by atoms with van der Waals surface area (Å²) in [5, 5.41) is 2.68. The fourth-order valence-electron chi connectivity index (χ4n) is 2.17. The number of halogens is 1. The van der Waals surface area contributed by atoms with E-state index in [4.69, 9.17) is 15.2 Å². The molecule has 3 N–H and O–H groups in total. The molecule has 1 aromatic rings. The highest BCUT2D eigenvalue weighted by Gasteiger charge is 2.20. The number of benzene rings is 1. The minimum Gasteiger partial charge on any atom is -0.489 e. The van der Waals surface area contributed by atoms with Crippen molar-refractivity contribution in [3.8, 4) is 5.75 Å². The van der Waals surface area contributed by atoms with E-state index in [1.165, 1.54) is 18.2 Å². The van der Waals surface area contributed by atoms with E-state index in [1.54, 1.807) is 13.8 Å². The van der Waals surface area contributed by atoms with Gasteiger partial charge < -0.3 is 20.5 Å². The zero-order chi connectivity index (χ0) is 16.1. The molecule has 1 amide bonds. The average molecular weight is 310 g/mol. The third kappa shape index (κ3) is 4.42. The molecule has 1 aliphatic heterocycles. The van der Waals surface area contributed by atoms with Gasteiger partial charge in [0.1, 0.15) is 18.2 Å². The third-order valence-corrected chi connectivity index (χ3v) is 3.85. The maximum Gasteiger partial charge on any atom is 0.228 e. The standard InChI is InChI=1S/C16H23FN2O3/c1-10(11(2)18)16(20)19-14-8-12(17)5-6-15(14)22-9-13-4-3-7-21-13/h5-6,8,10-11,13H,3-4,7,9,18H2,1-2H3,(H,19,20). The van der Waals surface area contributed by atoms with Crippen molar-refractivity contribution in [1.82, 2.24) is 0 Å². The van der Waals surface area contributed by atoms with Gasteiger partial charge in [0.15, 0.2) is 0 Å². The summed E-state index contributed by atoms with van der Waals surface area (Å²) in [6.07, 6.45) is 2.02. The van der Waals surface area contributed by atoms with Crippen molar-refractivity contribution < 1.29 is 18.7 Å². The van der Waals surface area contributed by atoms with Crippen molar-refractivity contribution in [3.63, 3.8) is 0 Å². The van der Waals surface area contributed by atoms with Crippen molar-refractivity contribution in [3.05, 3.63) is 24.0 Å². The fourth-order valence-corrected chi connectivity index (χ4v) is 2.17. The van der Waals surface area contributed by atoms with Crippen LogP contribution in [0.3, 0.4) is 0 Å². The molecular formula is C16H23FN2O3. The Labute approximate surface area is 130 Å². The summed E-state index contributed by atoms with van der Waals surface area (Å²) in [5.74, 6) is -0.646. The molecule has 5 nitrogen and oxygen atoms in total. The topological polar surface area (TPSA) is 73.6 Å². The molecule has 0 bridgehead atoms. The van der Waals surface area contributed by atoms with Gasteiger partial charge in [0.05, 0.1) is 17.7 Å². The summed E-state index contributed by atoms with van der Waals surface area (Å²) in [7, 11) is 0. The highest BCUT2D eigenvalue weighted by Crippen LogP contribution is 2.27. The Hall–Kier alpha value is -1.66. The molecule has 1 fully saturated rings. The predicted molar refractivity (Wildman–Crippen MR) is 82.3 cm³/mol. The molecule has 6 heteroatoms. The molecule has 122 valence electrons. The summed E-state index contributed by atoms with van der Waals surface area (Å²) in [6, 6.07) is 3.77. The third-order valence-electron chi connectivity index (χ3n) is 3.85. The quantitative estimate of drug-likeness (QED) is 0.845. The summed E-state index contributed by atoms with van der Waals surface area (Å²) < 4.78 is 24.6. The monoisotopic (exact) mass is 310 g/mol. The smallest absolute Gasteiger partial charge is 0.228 e. The average Bonchev–Trinajstić information content (AvgIpc) is 2.98.